The summed E-state index contributed by atoms with van der Waals surface area (Å²) in [7, 11) is 0. The quantitative estimate of drug-likeness (QED) is 0.479. The highest BCUT2D eigenvalue weighted by atomic mass is 16.1. The second-order valence-electron chi connectivity index (χ2n) is 8.35. The third-order valence-corrected chi connectivity index (χ3v) is 6.36. The van der Waals surface area contributed by atoms with Crippen LogP contribution < -0.4 is 0 Å². The molecule has 0 unspecified atom stereocenters. The lowest BCUT2D eigenvalue weighted by Gasteiger charge is -2.03. The Kier molecular flexibility index (Phi) is 5.53. The van der Waals surface area contributed by atoms with E-state index < -0.39 is 0 Å². The summed E-state index contributed by atoms with van der Waals surface area (Å²) in [5.74, 6) is 3.65. The lowest BCUT2D eigenvalue weighted by molar-refractivity contribution is -0.119. The molecule has 0 bridgehead atoms. The van der Waals surface area contributed by atoms with Gasteiger partial charge >= 0.3 is 0 Å². The lowest BCUT2D eigenvalue weighted by atomic mass is 10.0. The predicted molar refractivity (Wildman–Crippen MR) is 107 cm³/mol. The first kappa shape index (κ1) is 17.5. The largest absolute Gasteiger partial charge is 0.300 e. The van der Waals surface area contributed by atoms with Crippen molar-refractivity contribution in [2.45, 2.75) is 63.2 Å². The van der Waals surface area contributed by atoms with Crippen molar-refractivity contribution >= 4 is 5.78 Å². The van der Waals surface area contributed by atoms with Gasteiger partial charge in [0.25, 0.3) is 0 Å². The van der Waals surface area contributed by atoms with Crippen LogP contribution in [-0.4, -0.2) is 5.78 Å². The van der Waals surface area contributed by atoms with Gasteiger partial charge in [-0.2, -0.15) is 0 Å². The first-order chi connectivity index (χ1) is 12.8. The van der Waals surface area contributed by atoms with E-state index in [9.17, 15) is 4.79 Å². The highest BCUT2D eigenvalue weighted by Crippen LogP contribution is 2.51. The molecule has 0 N–H and O–H groups in total. The van der Waals surface area contributed by atoms with E-state index in [4.69, 9.17) is 0 Å². The highest BCUT2D eigenvalue weighted by Gasteiger charge is 2.38. The zero-order valence-corrected chi connectivity index (χ0v) is 15.6. The number of benzene rings is 2. The summed E-state index contributed by atoms with van der Waals surface area (Å²) >= 11 is 0. The number of carbonyl (C=O) groups is 1. The smallest absolute Gasteiger partial charge is 0.132 e. The van der Waals surface area contributed by atoms with Crippen LogP contribution in [0.1, 0.15) is 74.3 Å². The van der Waals surface area contributed by atoms with Gasteiger partial charge in [-0.15, -0.1) is 0 Å². The van der Waals surface area contributed by atoms with Crippen LogP contribution in [0.25, 0.3) is 0 Å². The number of hydrogen-bond acceptors (Lipinski definition) is 1. The molecule has 2 aliphatic rings. The summed E-state index contributed by atoms with van der Waals surface area (Å²) < 4.78 is 0. The third kappa shape index (κ3) is 4.63. The summed E-state index contributed by atoms with van der Waals surface area (Å²) in [6.45, 7) is 0. The molecule has 1 nitrogen and oxygen atoms in total. The van der Waals surface area contributed by atoms with Gasteiger partial charge in [0.05, 0.1) is 0 Å². The van der Waals surface area contributed by atoms with Gasteiger partial charge in [-0.05, 0) is 73.3 Å². The average Bonchev–Trinajstić information content (AvgIpc) is 3.59. The van der Waals surface area contributed by atoms with E-state index in [0.717, 1.165) is 49.4 Å². The Morgan fingerprint density at radius 1 is 0.692 bits per heavy atom. The molecule has 0 heterocycles. The molecule has 2 aliphatic carbocycles. The molecule has 2 saturated carbocycles. The molecule has 4 atom stereocenters. The number of Topliss-reactive ketones (excluding diaryl/α,β-unsaturated/α-hetero) is 1. The molecule has 26 heavy (non-hydrogen) atoms. The van der Waals surface area contributed by atoms with Crippen LogP contribution in [0.4, 0.5) is 0 Å². The van der Waals surface area contributed by atoms with E-state index in [-0.39, 0.29) is 0 Å². The van der Waals surface area contributed by atoms with Crippen LogP contribution in [0.2, 0.25) is 0 Å². The SMILES string of the molecule is O=C(CCC[C@@H]1C[C@H]1c1ccccc1)CCC[C@@H]1C[C@H]1c1ccccc1. The molecule has 0 radical (unpaired) electrons. The van der Waals surface area contributed by atoms with Gasteiger partial charge in [0.1, 0.15) is 5.78 Å². The Balaban J connectivity index is 1.06. The Morgan fingerprint density at radius 3 is 1.54 bits per heavy atom. The normalized spacial score (nSPS) is 26.5. The van der Waals surface area contributed by atoms with Gasteiger partial charge in [0.2, 0.25) is 0 Å². The van der Waals surface area contributed by atoms with Crippen molar-refractivity contribution in [1.82, 2.24) is 0 Å². The van der Waals surface area contributed by atoms with Crippen LogP contribution in [-0.2, 0) is 4.79 Å². The predicted octanol–water partition coefficient (Wildman–Crippen LogP) is 6.50. The molecule has 4 rings (SSSR count). The summed E-state index contributed by atoms with van der Waals surface area (Å²) in [6.07, 6.45) is 8.86. The molecule has 0 saturated heterocycles. The van der Waals surface area contributed by atoms with Crippen molar-refractivity contribution in [2.75, 3.05) is 0 Å². The summed E-state index contributed by atoms with van der Waals surface area (Å²) in [6, 6.07) is 21.7. The summed E-state index contributed by atoms with van der Waals surface area (Å²) in [4.78, 5) is 12.1. The zero-order chi connectivity index (χ0) is 17.8. The van der Waals surface area contributed by atoms with Crippen LogP contribution in [0, 0.1) is 11.8 Å². The number of hydrogen-bond donors (Lipinski definition) is 0. The Hall–Kier alpha value is -1.89. The van der Waals surface area contributed by atoms with Crippen molar-refractivity contribution in [2.24, 2.45) is 11.8 Å². The second kappa shape index (κ2) is 8.20. The molecule has 0 aromatic heterocycles. The minimum atomic E-state index is 0.485. The zero-order valence-electron chi connectivity index (χ0n) is 15.6. The topological polar surface area (TPSA) is 17.1 Å². The maximum absolute atomic E-state index is 12.1. The molecule has 0 aliphatic heterocycles. The maximum Gasteiger partial charge on any atom is 0.132 e. The minimum Gasteiger partial charge on any atom is -0.300 e. The van der Waals surface area contributed by atoms with Crippen LogP contribution in [0.3, 0.4) is 0 Å². The van der Waals surface area contributed by atoms with Crippen molar-refractivity contribution < 1.29 is 4.79 Å². The van der Waals surface area contributed by atoms with Gasteiger partial charge in [-0.3, -0.25) is 4.79 Å². The van der Waals surface area contributed by atoms with Crippen molar-refractivity contribution in [3.63, 3.8) is 0 Å². The second-order valence-corrected chi connectivity index (χ2v) is 8.35. The van der Waals surface area contributed by atoms with Crippen LogP contribution >= 0.6 is 0 Å². The molecule has 2 fully saturated rings. The number of rotatable bonds is 10. The van der Waals surface area contributed by atoms with Gasteiger partial charge in [-0.25, -0.2) is 0 Å². The van der Waals surface area contributed by atoms with Gasteiger partial charge in [0.15, 0.2) is 0 Å². The monoisotopic (exact) mass is 346 g/mol. The van der Waals surface area contributed by atoms with E-state index in [2.05, 4.69) is 60.7 Å². The van der Waals surface area contributed by atoms with Crippen LogP contribution in [0.15, 0.2) is 60.7 Å². The minimum absolute atomic E-state index is 0.485. The van der Waals surface area contributed by atoms with Crippen molar-refractivity contribution in [3.05, 3.63) is 71.8 Å². The van der Waals surface area contributed by atoms with E-state index in [1.165, 1.54) is 36.8 Å². The first-order valence-corrected chi connectivity index (χ1v) is 10.4. The number of carbonyl (C=O) groups excluding carboxylic acids is 1. The highest BCUT2D eigenvalue weighted by molar-refractivity contribution is 5.78. The van der Waals surface area contributed by atoms with Crippen LogP contribution in [0.5, 0.6) is 0 Å². The molecule has 136 valence electrons. The first-order valence-electron chi connectivity index (χ1n) is 10.4. The molecular weight excluding hydrogens is 316 g/mol. The molecule has 1 heteroatoms. The van der Waals surface area contributed by atoms with Gasteiger partial charge < -0.3 is 0 Å². The van der Waals surface area contributed by atoms with E-state index >= 15 is 0 Å². The lowest BCUT2D eigenvalue weighted by Crippen LogP contribution is -1.98. The third-order valence-electron chi connectivity index (χ3n) is 6.36. The Labute approximate surface area is 157 Å². The molecular formula is C25H30O. The standard InChI is InChI=1S/C25H30O/c26-23(15-7-13-21-17-24(21)19-9-3-1-4-10-19)16-8-14-22-18-25(22)20-11-5-2-6-12-20/h1-6,9-12,21-22,24-25H,7-8,13-18H2/t21-,22-,24+,25+/m1/s1. The summed E-state index contributed by atoms with van der Waals surface area (Å²) in [5, 5.41) is 0. The fraction of sp³-hybridized carbons (Fsp3) is 0.480. The summed E-state index contributed by atoms with van der Waals surface area (Å²) in [5.41, 5.74) is 2.97. The van der Waals surface area contributed by atoms with E-state index in [1.54, 1.807) is 0 Å². The maximum atomic E-state index is 12.1. The van der Waals surface area contributed by atoms with E-state index in [0.29, 0.717) is 5.78 Å². The molecule has 2 aromatic carbocycles. The van der Waals surface area contributed by atoms with Crippen molar-refractivity contribution in [1.29, 1.82) is 0 Å². The Morgan fingerprint density at radius 2 is 1.12 bits per heavy atom. The average molecular weight is 347 g/mol. The molecule has 2 aromatic rings. The van der Waals surface area contributed by atoms with Gasteiger partial charge in [0, 0.05) is 12.8 Å². The molecule has 0 spiro atoms. The fourth-order valence-electron chi connectivity index (χ4n) is 4.60. The number of ketones is 1. The Bertz CT molecular complexity index is 644. The fourth-order valence-corrected chi connectivity index (χ4v) is 4.60. The van der Waals surface area contributed by atoms with E-state index in [1.807, 2.05) is 0 Å². The van der Waals surface area contributed by atoms with Gasteiger partial charge in [-0.1, -0.05) is 60.7 Å². The van der Waals surface area contributed by atoms with Crippen molar-refractivity contribution in [3.8, 4) is 0 Å². The molecule has 0 amide bonds.